The zero-order valence-corrected chi connectivity index (χ0v) is 15.4. The first-order valence-electron chi connectivity index (χ1n) is 8.46. The van der Waals surface area contributed by atoms with E-state index in [1.165, 1.54) is 7.11 Å². The molecule has 0 saturated heterocycles. The van der Waals surface area contributed by atoms with E-state index < -0.39 is 11.9 Å². The number of hydrogen-bond acceptors (Lipinski definition) is 5. The van der Waals surface area contributed by atoms with Gasteiger partial charge >= 0.3 is 6.03 Å². The van der Waals surface area contributed by atoms with E-state index in [1.54, 1.807) is 42.5 Å². The fourth-order valence-electron chi connectivity index (χ4n) is 2.78. The molecule has 2 aromatic carbocycles. The number of H-pyrrole nitrogens is 1. The van der Waals surface area contributed by atoms with Crippen molar-refractivity contribution in [3.63, 3.8) is 0 Å². The molecule has 0 fully saturated rings. The van der Waals surface area contributed by atoms with Crippen molar-refractivity contribution >= 4 is 40.3 Å². The van der Waals surface area contributed by atoms with Crippen LogP contribution in [0.15, 0.2) is 42.5 Å². The van der Waals surface area contributed by atoms with Crippen LogP contribution < -0.4 is 26.8 Å². The van der Waals surface area contributed by atoms with Crippen molar-refractivity contribution in [3.05, 3.63) is 48.0 Å². The Kier molecular flexibility index (Phi) is 5.65. The molecule has 0 aliphatic heterocycles. The van der Waals surface area contributed by atoms with Gasteiger partial charge in [-0.05, 0) is 36.4 Å². The summed E-state index contributed by atoms with van der Waals surface area (Å²) in [4.78, 5) is 37.3. The number of urea groups is 1. The molecule has 150 valence electrons. The summed E-state index contributed by atoms with van der Waals surface area (Å²) in [5.41, 5.74) is 11.8. The van der Waals surface area contributed by atoms with Gasteiger partial charge in [0.2, 0.25) is 5.91 Å². The number of anilines is 2. The predicted octanol–water partition coefficient (Wildman–Crippen LogP) is 2.13. The number of nitrogens with two attached hydrogens (primary N) is 2. The van der Waals surface area contributed by atoms with E-state index in [0.29, 0.717) is 28.1 Å². The van der Waals surface area contributed by atoms with E-state index in [4.69, 9.17) is 20.9 Å². The normalized spacial score (nSPS) is 10.5. The van der Waals surface area contributed by atoms with Crippen molar-refractivity contribution in [1.29, 1.82) is 0 Å². The van der Waals surface area contributed by atoms with E-state index in [0.717, 1.165) is 0 Å². The van der Waals surface area contributed by atoms with Gasteiger partial charge in [0.1, 0.15) is 23.9 Å². The van der Waals surface area contributed by atoms with E-state index in [1.807, 2.05) is 0 Å². The van der Waals surface area contributed by atoms with Crippen LogP contribution in [-0.2, 0) is 9.53 Å². The minimum Gasteiger partial charge on any atom is -0.457 e. The molecule has 7 N–H and O–H groups in total. The number of ether oxygens (including phenoxy) is 2. The average molecular weight is 397 g/mol. The summed E-state index contributed by atoms with van der Waals surface area (Å²) in [6.45, 7) is -0.0334. The van der Waals surface area contributed by atoms with Gasteiger partial charge in [-0.3, -0.25) is 14.9 Å². The number of benzene rings is 2. The zero-order chi connectivity index (χ0) is 21.0. The number of amides is 4. The molecule has 0 aliphatic rings. The third-order valence-corrected chi connectivity index (χ3v) is 3.91. The molecule has 4 amide bonds. The number of carbonyl (C=O) groups excluding carboxylic acids is 3. The number of fused-ring (bicyclic) bond motifs is 1. The van der Waals surface area contributed by atoms with Crippen molar-refractivity contribution < 1.29 is 23.9 Å². The lowest BCUT2D eigenvalue weighted by Crippen LogP contribution is -2.22. The molecule has 10 nitrogen and oxygen atoms in total. The smallest absolute Gasteiger partial charge is 0.317 e. The lowest BCUT2D eigenvalue weighted by molar-refractivity contribution is -0.119. The maximum atomic E-state index is 11.7. The molecule has 0 unspecified atom stereocenters. The van der Waals surface area contributed by atoms with Crippen LogP contribution in [0.25, 0.3) is 10.9 Å². The highest BCUT2D eigenvalue weighted by atomic mass is 16.5. The first-order chi connectivity index (χ1) is 13.9. The zero-order valence-electron chi connectivity index (χ0n) is 15.4. The molecule has 1 aromatic heterocycles. The topological polar surface area (TPSA) is 162 Å². The van der Waals surface area contributed by atoms with Crippen LogP contribution in [0.4, 0.5) is 16.3 Å². The minimum atomic E-state index is -0.826. The molecule has 0 aliphatic carbocycles. The maximum absolute atomic E-state index is 11.7. The molecule has 0 saturated carbocycles. The first kappa shape index (κ1) is 19.7. The molecule has 0 atom stereocenters. The summed E-state index contributed by atoms with van der Waals surface area (Å²) >= 11 is 0. The van der Waals surface area contributed by atoms with Crippen LogP contribution in [0.3, 0.4) is 0 Å². The van der Waals surface area contributed by atoms with Gasteiger partial charge in [-0.1, -0.05) is 0 Å². The average Bonchev–Trinajstić information content (AvgIpc) is 3.00. The highest BCUT2D eigenvalue weighted by Gasteiger charge is 2.18. The molecular formula is C19H19N5O5. The van der Waals surface area contributed by atoms with Gasteiger partial charge < -0.3 is 31.2 Å². The maximum Gasteiger partial charge on any atom is 0.317 e. The number of aromatic amines is 1. The Morgan fingerprint density at radius 3 is 2.31 bits per heavy atom. The quantitative estimate of drug-likeness (QED) is 0.412. The lowest BCUT2D eigenvalue weighted by Gasteiger charge is -2.08. The van der Waals surface area contributed by atoms with Crippen molar-refractivity contribution in [2.75, 3.05) is 24.4 Å². The fraction of sp³-hybridized carbons (Fsp3) is 0.105. The van der Waals surface area contributed by atoms with E-state index in [-0.39, 0.29) is 23.9 Å². The highest BCUT2D eigenvalue weighted by molar-refractivity contribution is 6.13. The highest BCUT2D eigenvalue weighted by Crippen LogP contribution is 2.31. The molecule has 10 heteroatoms. The van der Waals surface area contributed by atoms with Gasteiger partial charge in [-0.2, -0.15) is 0 Å². The molecule has 3 aromatic rings. The Morgan fingerprint density at radius 1 is 1.00 bits per heavy atom. The van der Waals surface area contributed by atoms with Crippen LogP contribution in [0.2, 0.25) is 0 Å². The number of hydrogen-bond donors (Lipinski definition) is 5. The Labute approximate surface area is 165 Å². The molecular weight excluding hydrogens is 378 g/mol. The lowest BCUT2D eigenvalue weighted by atomic mass is 10.1. The van der Waals surface area contributed by atoms with E-state index >= 15 is 0 Å². The standard InChI is InChI=1S/C19H19N5O5/c1-28-9-15(25)22-10-2-4-11(5-3-10)29-12-6-7-13-14(8-12)23-18(24-19(21)27)16(13)17(20)26/h2-8,23H,9H2,1H3,(H2,20,26)(H,22,25)(H3,21,24,27). The first-order valence-corrected chi connectivity index (χ1v) is 8.46. The van der Waals surface area contributed by atoms with Crippen molar-refractivity contribution in [1.82, 2.24) is 4.98 Å². The SMILES string of the molecule is COCC(=O)Nc1ccc(Oc2ccc3c(C(N)=O)c(NC(N)=O)[nH]c3c2)cc1. The number of methoxy groups -OCH3 is 1. The molecule has 0 spiro atoms. The third kappa shape index (κ3) is 4.62. The van der Waals surface area contributed by atoms with E-state index in [2.05, 4.69) is 15.6 Å². The summed E-state index contributed by atoms with van der Waals surface area (Å²) in [5.74, 6) is 0.167. The van der Waals surface area contributed by atoms with Crippen molar-refractivity contribution in [2.45, 2.75) is 0 Å². The second-order valence-corrected chi connectivity index (χ2v) is 6.04. The second kappa shape index (κ2) is 8.31. The number of nitrogens with one attached hydrogen (secondary N) is 3. The van der Waals surface area contributed by atoms with Crippen LogP contribution in [-0.4, -0.2) is 36.5 Å². The van der Waals surface area contributed by atoms with Crippen molar-refractivity contribution in [2.24, 2.45) is 11.5 Å². The largest absolute Gasteiger partial charge is 0.457 e. The number of aromatic nitrogens is 1. The predicted molar refractivity (Wildman–Crippen MR) is 107 cm³/mol. The Hall–Kier alpha value is -4.05. The molecule has 1 heterocycles. The number of primary amides is 2. The summed E-state index contributed by atoms with van der Waals surface area (Å²) in [6.07, 6.45) is 0. The van der Waals surface area contributed by atoms with Crippen LogP contribution in [0.5, 0.6) is 11.5 Å². The van der Waals surface area contributed by atoms with Gasteiger partial charge in [0.15, 0.2) is 0 Å². The van der Waals surface area contributed by atoms with Crippen LogP contribution in [0, 0.1) is 0 Å². The summed E-state index contributed by atoms with van der Waals surface area (Å²) < 4.78 is 10.6. The third-order valence-electron chi connectivity index (χ3n) is 3.91. The Bertz CT molecular complexity index is 1070. The fourth-order valence-corrected chi connectivity index (χ4v) is 2.78. The summed E-state index contributed by atoms with van der Waals surface area (Å²) in [6, 6.07) is 10.9. The van der Waals surface area contributed by atoms with Gasteiger partial charge in [0, 0.05) is 24.2 Å². The van der Waals surface area contributed by atoms with Gasteiger partial charge in [-0.15, -0.1) is 0 Å². The Balaban J connectivity index is 1.81. The molecule has 3 rings (SSSR count). The number of rotatable bonds is 7. The Morgan fingerprint density at radius 2 is 1.69 bits per heavy atom. The van der Waals surface area contributed by atoms with Gasteiger partial charge in [-0.25, -0.2) is 4.79 Å². The minimum absolute atomic E-state index is 0.0334. The monoisotopic (exact) mass is 397 g/mol. The van der Waals surface area contributed by atoms with Gasteiger partial charge in [0.25, 0.3) is 5.91 Å². The van der Waals surface area contributed by atoms with Gasteiger partial charge in [0.05, 0.1) is 11.1 Å². The van der Waals surface area contributed by atoms with Crippen molar-refractivity contribution in [3.8, 4) is 11.5 Å². The van der Waals surface area contributed by atoms with Crippen LogP contribution in [0.1, 0.15) is 10.4 Å². The van der Waals surface area contributed by atoms with Crippen LogP contribution >= 0.6 is 0 Å². The molecule has 0 radical (unpaired) electrons. The summed E-state index contributed by atoms with van der Waals surface area (Å²) in [7, 11) is 1.44. The summed E-state index contributed by atoms with van der Waals surface area (Å²) in [5, 5.41) is 5.54. The number of carbonyl (C=O) groups is 3. The molecule has 0 bridgehead atoms. The van der Waals surface area contributed by atoms with E-state index in [9.17, 15) is 14.4 Å². The second-order valence-electron chi connectivity index (χ2n) is 6.04. The molecule has 29 heavy (non-hydrogen) atoms.